The molecule has 3 rings (SSSR count). The fourth-order valence-corrected chi connectivity index (χ4v) is 2.13. The van der Waals surface area contributed by atoms with E-state index in [1.807, 2.05) is 0 Å². The van der Waals surface area contributed by atoms with Gasteiger partial charge in [0.15, 0.2) is 0 Å². The molecule has 1 aliphatic rings. The Morgan fingerprint density at radius 1 is 1.33 bits per heavy atom. The van der Waals surface area contributed by atoms with Gasteiger partial charge in [-0.25, -0.2) is 9.37 Å². The van der Waals surface area contributed by atoms with Gasteiger partial charge in [0.25, 0.3) is 0 Å². The van der Waals surface area contributed by atoms with Gasteiger partial charge in [-0.15, -0.1) is 0 Å². The lowest BCUT2D eigenvalue weighted by Crippen LogP contribution is -2.30. The molecule has 2 aromatic rings. The Morgan fingerprint density at radius 2 is 2.17 bits per heavy atom. The molecule has 0 bridgehead atoms. The van der Waals surface area contributed by atoms with E-state index in [1.165, 1.54) is 6.07 Å². The van der Waals surface area contributed by atoms with Gasteiger partial charge in [0.1, 0.15) is 11.3 Å². The molecule has 4 nitrogen and oxygen atoms in total. The Bertz CT molecular complexity index is 648. The number of anilines is 1. The quantitative estimate of drug-likeness (QED) is 0.806. The molecule has 5 heteroatoms. The molecule has 0 fully saturated rings. The minimum Gasteiger partial charge on any atom is -0.356 e. The van der Waals surface area contributed by atoms with Crippen molar-refractivity contribution in [1.29, 1.82) is 5.41 Å². The van der Waals surface area contributed by atoms with Gasteiger partial charge >= 0.3 is 0 Å². The molecule has 0 saturated carbocycles. The van der Waals surface area contributed by atoms with Crippen LogP contribution in [0.15, 0.2) is 30.3 Å². The molecule has 18 heavy (non-hydrogen) atoms. The summed E-state index contributed by atoms with van der Waals surface area (Å²) in [6.07, 6.45) is 0.976. The maximum atomic E-state index is 13.7. The summed E-state index contributed by atoms with van der Waals surface area (Å²) in [7, 11) is 0. The van der Waals surface area contributed by atoms with Gasteiger partial charge in [0, 0.05) is 24.7 Å². The Hall–Kier alpha value is -2.17. The fraction of sp³-hybridized carbons (Fsp3) is 0.231. The van der Waals surface area contributed by atoms with Crippen molar-refractivity contribution >= 4 is 5.95 Å². The Labute approximate surface area is 104 Å². The molecular weight excluding hydrogens is 231 g/mol. The Balaban J connectivity index is 2.17. The predicted octanol–water partition coefficient (Wildman–Crippen LogP) is 1.98. The summed E-state index contributed by atoms with van der Waals surface area (Å²) in [6.45, 7) is 1.62. The molecule has 1 aliphatic heterocycles. The molecule has 2 heterocycles. The van der Waals surface area contributed by atoms with E-state index >= 15 is 0 Å². The van der Waals surface area contributed by atoms with Crippen LogP contribution in [0.25, 0.3) is 11.3 Å². The first-order valence-corrected chi connectivity index (χ1v) is 5.91. The van der Waals surface area contributed by atoms with Gasteiger partial charge in [-0.3, -0.25) is 9.98 Å². The van der Waals surface area contributed by atoms with Crippen LogP contribution in [-0.2, 0) is 6.54 Å². The molecule has 0 spiro atoms. The zero-order chi connectivity index (χ0) is 12.5. The first kappa shape index (κ1) is 11.0. The van der Waals surface area contributed by atoms with E-state index in [2.05, 4.69) is 10.3 Å². The Kier molecular flexibility index (Phi) is 2.59. The van der Waals surface area contributed by atoms with Crippen LogP contribution in [0.1, 0.15) is 6.42 Å². The van der Waals surface area contributed by atoms with Crippen molar-refractivity contribution in [2.75, 3.05) is 11.9 Å². The van der Waals surface area contributed by atoms with E-state index < -0.39 is 0 Å². The van der Waals surface area contributed by atoms with Gasteiger partial charge in [-0.2, -0.15) is 0 Å². The van der Waals surface area contributed by atoms with E-state index in [-0.39, 0.29) is 5.82 Å². The van der Waals surface area contributed by atoms with Crippen LogP contribution < -0.4 is 10.8 Å². The maximum Gasteiger partial charge on any atom is 0.204 e. The second-order valence-corrected chi connectivity index (χ2v) is 4.26. The molecule has 0 amide bonds. The van der Waals surface area contributed by atoms with Crippen molar-refractivity contribution in [3.05, 3.63) is 41.6 Å². The summed E-state index contributed by atoms with van der Waals surface area (Å²) in [5, 5.41) is 11.1. The van der Waals surface area contributed by atoms with Crippen LogP contribution in [0.4, 0.5) is 10.3 Å². The number of halogens is 1. The minimum absolute atomic E-state index is 0.315. The maximum absolute atomic E-state index is 13.7. The summed E-state index contributed by atoms with van der Waals surface area (Å²) in [5.41, 5.74) is 1.28. The van der Waals surface area contributed by atoms with Gasteiger partial charge in [-0.05, 0) is 18.6 Å². The van der Waals surface area contributed by atoms with Crippen molar-refractivity contribution in [2.45, 2.75) is 13.0 Å². The van der Waals surface area contributed by atoms with Crippen molar-refractivity contribution in [1.82, 2.24) is 9.55 Å². The van der Waals surface area contributed by atoms with E-state index in [0.29, 0.717) is 22.7 Å². The highest BCUT2D eigenvalue weighted by Gasteiger charge is 2.13. The molecule has 0 radical (unpaired) electrons. The molecule has 0 unspecified atom stereocenters. The minimum atomic E-state index is -0.315. The summed E-state index contributed by atoms with van der Waals surface area (Å²) in [4.78, 5) is 4.40. The smallest absolute Gasteiger partial charge is 0.204 e. The highest BCUT2D eigenvalue weighted by molar-refractivity contribution is 5.60. The highest BCUT2D eigenvalue weighted by atomic mass is 19.1. The normalized spacial score (nSPS) is 13.8. The summed E-state index contributed by atoms with van der Waals surface area (Å²) in [5.74, 6) is 0.331. The largest absolute Gasteiger partial charge is 0.356 e. The molecule has 0 saturated heterocycles. The predicted molar refractivity (Wildman–Crippen MR) is 66.6 cm³/mol. The van der Waals surface area contributed by atoms with Crippen molar-refractivity contribution < 1.29 is 4.39 Å². The van der Waals surface area contributed by atoms with Gasteiger partial charge in [0.05, 0.1) is 5.69 Å². The number of nitrogens with zero attached hydrogens (tertiary/aromatic N) is 2. The molecule has 1 aromatic carbocycles. The molecule has 2 N–H and O–H groups in total. The molecule has 0 atom stereocenters. The van der Waals surface area contributed by atoms with E-state index in [9.17, 15) is 4.39 Å². The lowest BCUT2D eigenvalue weighted by atomic mass is 10.1. The highest BCUT2D eigenvalue weighted by Crippen LogP contribution is 2.21. The van der Waals surface area contributed by atoms with E-state index in [0.717, 1.165) is 19.5 Å². The third kappa shape index (κ3) is 1.77. The first-order chi connectivity index (χ1) is 8.75. The molecule has 92 valence electrons. The number of benzene rings is 1. The average molecular weight is 244 g/mol. The monoisotopic (exact) mass is 244 g/mol. The molecular formula is C13H13FN4. The van der Waals surface area contributed by atoms with Gasteiger partial charge in [0.2, 0.25) is 5.95 Å². The number of fused-ring (bicyclic) bond motifs is 1. The van der Waals surface area contributed by atoms with Crippen LogP contribution in [0.5, 0.6) is 0 Å². The lowest BCUT2D eigenvalue weighted by Gasteiger charge is -2.20. The fourth-order valence-electron chi connectivity index (χ4n) is 2.13. The van der Waals surface area contributed by atoms with Gasteiger partial charge < -0.3 is 5.32 Å². The van der Waals surface area contributed by atoms with Crippen LogP contribution in [0.2, 0.25) is 0 Å². The van der Waals surface area contributed by atoms with Gasteiger partial charge in [-0.1, -0.05) is 12.1 Å². The lowest BCUT2D eigenvalue weighted by molar-refractivity contribution is 0.583. The van der Waals surface area contributed by atoms with Crippen molar-refractivity contribution in [3.63, 3.8) is 0 Å². The number of nitrogens with one attached hydrogen (secondary N) is 2. The molecule has 1 aromatic heterocycles. The molecule has 0 aliphatic carbocycles. The average Bonchev–Trinajstić information content (AvgIpc) is 2.39. The first-order valence-electron chi connectivity index (χ1n) is 5.91. The second kappa shape index (κ2) is 4.25. The van der Waals surface area contributed by atoms with E-state index in [4.69, 9.17) is 5.41 Å². The third-order valence-corrected chi connectivity index (χ3v) is 3.04. The standard InChI is InChI=1S/C13H13FN4/c14-10-5-2-1-4-9(10)11-8-12(15)18-7-3-6-16-13(18)17-11/h1-2,4-5,8,15H,3,6-7H2,(H,16,17). The second-order valence-electron chi connectivity index (χ2n) is 4.26. The zero-order valence-corrected chi connectivity index (χ0v) is 9.78. The van der Waals surface area contributed by atoms with Crippen molar-refractivity contribution in [2.24, 2.45) is 0 Å². The van der Waals surface area contributed by atoms with Crippen LogP contribution in [0.3, 0.4) is 0 Å². The topological polar surface area (TPSA) is 53.7 Å². The van der Waals surface area contributed by atoms with Crippen LogP contribution in [0, 0.1) is 11.2 Å². The zero-order valence-electron chi connectivity index (χ0n) is 9.78. The summed E-state index contributed by atoms with van der Waals surface area (Å²) in [6, 6.07) is 8.10. The number of hydrogen-bond donors (Lipinski definition) is 2. The number of rotatable bonds is 1. The van der Waals surface area contributed by atoms with Crippen LogP contribution >= 0.6 is 0 Å². The SMILES string of the molecule is N=c1cc(-c2ccccc2F)nc2n1CCCN2. The number of aromatic nitrogens is 2. The summed E-state index contributed by atoms with van der Waals surface area (Å²) >= 11 is 0. The number of hydrogen-bond acceptors (Lipinski definition) is 3. The Morgan fingerprint density at radius 3 is 3.00 bits per heavy atom. The summed E-state index contributed by atoms with van der Waals surface area (Å²) < 4.78 is 15.5. The van der Waals surface area contributed by atoms with Crippen molar-refractivity contribution in [3.8, 4) is 11.3 Å². The van der Waals surface area contributed by atoms with Crippen LogP contribution in [-0.4, -0.2) is 16.1 Å². The third-order valence-electron chi connectivity index (χ3n) is 3.04. The van der Waals surface area contributed by atoms with E-state index in [1.54, 1.807) is 28.8 Å².